The Labute approximate surface area is 276 Å². The summed E-state index contributed by atoms with van der Waals surface area (Å²) >= 11 is 0. The number of anilines is 3. The van der Waals surface area contributed by atoms with Gasteiger partial charge in [0.05, 0.1) is 30.2 Å². The van der Waals surface area contributed by atoms with Crippen LogP contribution in [-0.4, -0.2) is 41.5 Å². The second-order valence-corrected chi connectivity index (χ2v) is 12.0. The normalized spacial score (nSPS) is 18.4. The van der Waals surface area contributed by atoms with E-state index in [1.54, 1.807) is 24.3 Å². The van der Waals surface area contributed by atoms with Gasteiger partial charge in [0.25, 0.3) is 0 Å². The van der Waals surface area contributed by atoms with E-state index in [1.807, 2.05) is 54.6 Å². The Kier molecular flexibility index (Phi) is 11.8. The summed E-state index contributed by atoms with van der Waals surface area (Å²) < 4.78 is 13.1. The molecule has 47 heavy (non-hydrogen) atoms. The van der Waals surface area contributed by atoms with Crippen molar-refractivity contribution in [3.8, 4) is 0 Å². The molecule has 1 heterocycles. The van der Waals surface area contributed by atoms with Crippen LogP contribution in [0.5, 0.6) is 0 Å². The number of hydrogen-bond donors (Lipinski definition) is 4. The largest absolute Gasteiger partial charge is 0.397 e. The molecule has 0 aliphatic carbocycles. The summed E-state index contributed by atoms with van der Waals surface area (Å²) in [7, 11) is 2.10. The van der Waals surface area contributed by atoms with Crippen LogP contribution in [-0.2, 0) is 25.7 Å². The zero-order valence-corrected chi connectivity index (χ0v) is 27.0. The molecule has 0 aromatic heterocycles. The van der Waals surface area contributed by atoms with Gasteiger partial charge in [-0.1, -0.05) is 78.9 Å². The molecule has 1 saturated heterocycles. The van der Waals surface area contributed by atoms with Gasteiger partial charge < -0.3 is 30.9 Å². The van der Waals surface area contributed by atoms with Crippen molar-refractivity contribution in [2.75, 3.05) is 30.0 Å². The van der Waals surface area contributed by atoms with Gasteiger partial charge in [0, 0.05) is 43.1 Å². The molecular weight excluding hydrogens is 592 g/mol. The first kappa shape index (κ1) is 33.8. The highest BCUT2D eigenvalue weighted by atomic mass is 16.7. The molecule has 9 heteroatoms. The summed E-state index contributed by atoms with van der Waals surface area (Å²) in [4.78, 5) is 27.4. The lowest BCUT2D eigenvalue weighted by Gasteiger charge is -2.39. The van der Waals surface area contributed by atoms with Gasteiger partial charge in [-0.25, -0.2) is 0 Å². The number of nitrogens with two attached hydrogens (primary N) is 1. The summed E-state index contributed by atoms with van der Waals surface area (Å²) in [6, 6.07) is 33.0. The summed E-state index contributed by atoms with van der Waals surface area (Å²) in [5, 5.41) is 15.3. The fourth-order valence-electron chi connectivity index (χ4n) is 5.72. The van der Waals surface area contributed by atoms with Crippen LogP contribution in [0.3, 0.4) is 0 Å². The van der Waals surface area contributed by atoms with Crippen LogP contribution in [0, 0.1) is 0 Å². The molecule has 4 aromatic carbocycles. The highest BCUT2D eigenvalue weighted by Crippen LogP contribution is 2.39. The van der Waals surface area contributed by atoms with Crippen LogP contribution in [0.2, 0.25) is 0 Å². The number of rotatable bonds is 13. The third kappa shape index (κ3) is 9.49. The van der Waals surface area contributed by atoms with Crippen molar-refractivity contribution in [1.29, 1.82) is 0 Å². The average molecular weight is 637 g/mol. The third-order valence-corrected chi connectivity index (χ3v) is 8.53. The average Bonchev–Trinajstić information content (AvgIpc) is 3.09. The number of aliphatic hydroxyl groups excluding tert-OH is 1. The highest BCUT2D eigenvalue weighted by molar-refractivity contribution is 5.94. The fourth-order valence-corrected chi connectivity index (χ4v) is 5.72. The van der Waals surface area contributed by atoms with Gasteiger partial charge in [-0.2, -0.15) is 0 Å². The van der Waals surface area contributed by atoms with E-state index in [2.05, 4.69) is 53.8 Å². The molecule has 0 radical (unpaired) electrons. The number of amides is 2. The van der Waals surface area contributed by atoms with Gasteiger partial charge in [0.1, 0.15) is 0 Å². The molecule has 9 nitrogen and oxygen atoms in total. The van der Waals surface area contributed by atoms with E-state index in [-0.39, 0.29) is 49.5 Å². The minimum Gasteiger partial charge on any atom is -0.397 e. The number of nitrogen functional groups attached to an aromatic ring is 1. The van der Waals surface area contributed by atoms with E-state index >= 15 is 0 Å². The standard InChI is InChI=1S/C38H44N4O5/c1-26(28-10-4-3-5-11-28)42(2)24-32-23-35(29-20-18-27(25-43)19-21-29)47-38(46-32)30-12-8-13-31(22-30)40-36(44)16-9-17-37(45)41-34-15-7-6-14-33(34)39/h3-8,10-15,18-22,26,32,35,38,43H,9,16-17,23-25,39H2,1-2H3,(H,40,44)(H,41,45). The molecule has 1 aliphatic heterocycles. The van der Waals surface area contributed by atoms with Gasteiger partial charge in [-0.15, -0.1) is 0 Å². The first-order valence-corrected chi connectivity index (χ1v) is 16.1. The van der Waals surface area contributed by atoms with Crippen LogP contribution in [0.15, 0.2) is 103 Å². The van der Waals surface area contributed by atoms with Gasteiger partial charge in [0.2, 0.25) is 11.8 Å². The molecule has 0 saturated carbocycles. The molecule has 5 rings (SSSR count). The minimum absolute atomic E-state index is 0.0170. The summed E-state index contributed by atoms with van der Waals surface area (Å²) in [6.45, 7) is 2.87. The number of benzene rings is 4. The van der Waals surface area contributed by atoms with Crippen LogP contribution in [0.25, 0.3) is 0 Å². The van der Waals surface area contributed by atoms with E-state index in [4.69, 9.17) is 15.2 Å². The minimum atomic E-state index is -0.650. The second-order valence-electron chi connectivity index (χ2n) is 12.0. The molecule has 4 unspecified atom stereocenters. The maximum absolute atomic E-state index is 12.8. The zero-order valence-electron chi connectivity index (χ0n) is 27.0. The lowest BCUT2D eigenvalue weighted by Crippen LogP contribution is -2.38. The molecule has 0 bridgehead atoms. The maximum Gasteiger partial charge on any atom is 0.224 e. The van der Waals surface area contributed by atoms with E-state index in [0.717, 1.165) is 16.7 Å². The molecule has 2 amide bonds. The van der Waals surface area contributed by atoms with E-state index in [0.29, 0.717) is 36.4 Å². The van der Waals surface area contributed by atoms with Crippen LogP contribution < -0.4 is 16.4 Å². The molecule has 5 N–H and O–H groups in total. The van der Waals surface area contributed by atoms with Crippen molar-refractivity contribution in [3.05, 3.63) is 125 Å². The summed E-state index contributed by atoms with van der Waals surface area (Å²) in [5.41, 5.74) is 11.5. The molecule has 4 aromatic rings. The van der Waals surface area contributed by atoms with Gasteiger partial charge in [-0.3, -0.25) is 14.5 Å². The van der Waals surface area contributed by atoms with E-state index in [1.165, 1.54) is 5.56 Å². The Morgan fingerprint density at radius 2 is 1.57 bits per heavy atom. The van der Waals surface area contributed by atoms with Gasteiger partial charge in [-0.05, 0) is 61.3 Å². The third-order valence-electron chi connectivity index (χ3n) is 8.53. The number of carbonyl (C=O) groups is 2. The Hall–Kier alpha value is -4.54. The Morgan fingerprint density at radius 3 is 2.30 bits per heavy atom. The number of hydrogen-bond acceptors (Lipinski definition) is 7. The van der Waals surface area contributed by atoms with Crippen LogP contribution in [0.1, 0.15) is 73.3 Å². The predicted molar refractivity (Wildman–Crippen MR) is 184 cm³/mol. The SMILES string of the molecule is CC(c1ccccc1)N(C)CC1CC(c2ccc(CO)cc2)OC(c2cccc(NC(=O)CCCC(=O)Nc3ccccc3N)c2)O1. The number of aliphatic hydroxyl groups is 1. The number of ether oxygens (including phenoxy) is 2. The van der Waals surface area contributed by atoms with Crippen LogP contribution in [0.4, 0.5) is 17.1 Å². The number of para-hydroxylation sites is 2. The van der Waals surface area contributed by atoms with E-state index in [9.17, 15) is 14.7 Å². The summed E-state index contributed by atoms with van der Waals surface area (Å²) in [5.74, 6) is -0.376. The second kappa shape index (κ2) is 16.3. The molecular formula is C38H44N4O5. The van der Waals surface area contributed by atoms with Crippen molar-refractivity contribution >= 4 is 28.9 Å². The number of nitrogens with one attached hydrogen (secondary N) is 2. The molecule has 1 aliphatic rings. The Balaban J connectivity index is 1.22. The predicted octanol–water partition coefficient (Wildman–Crippen LogP) is 6.75. The fraction of sp³-hybridized carbons (Fsp3) is 0.316. The van der Waals surface area contributed by atoms with Crippen LogP contribution >= 0.6 is 0 Å². The zero-order chi connectivity index (χ0) is 33.2. The summed E-state index contributed by atoms with van der Waals surface area (Å²) in [6.07, 6.45) is 0.463. The number of nitrogens with zero attached hydrogens (tertiary/aromatic N) is 1. The molecule has 4 atom stereocenters. The first-order valence-electron chi connectivity index (χ1n) is 16.1. The van der Waals surface area contributed by atoms with Gasteiger partial charge >= 0.3 is 0 Å². The van der Waals surface area contributed by atoms with Crippen molar-refractivity contribution < 1.29 is 24.2 Å². The molecule has 246 valence electrons. The Bertz CT molecular complexity index is 1610. The highest BCUT2D eigenvalue weighted by Gasteiger charge is 2.33. The van der Waals surface area contributed by atoms with Crippen molar-refractivity contribution in [2.45, 2.75) is 63.8 Å². The van der Waals surface area contributed by atoms with Crippen molar-refractivity contribution in [3.63, 3.8) is 0 Å². The number of carbonyl (C=O) groups excluding carboxylic acids is 2. The van der Waals surface area contributed by atoms with Crippen molar-refractivity contribution in [2.24, 2.45) is 0 Å². The van der Waals surface area contributed by atoms with E-state index < -0.39 is 6.29 Å². The topological polar surface area (TPSA) is 126 Å². The van der Waals surface area contributed by atoms with Gasteiger partial charge in [0.15, 0.2) is 6.29 Å². The lowest BCUT2D eigenvalue weighted by atomic mass is 9.99. The number of likely N-dealkylation sites (N-methyl/N-ethyl adjacent to an activating group) is 1. The molecule has 0 spiro atoms. The maximum atomic E-state index is 12.8. The monoisotopic (exact) mass is 636 g/mol. The Morgan fingerprint density at radius 1 is 0.872 bits per heavy atom. The molecule has 1 fully saturated rings. The smallest absolute Gasteiger partial charge is 0.224 e. The lowest BCUT2D eigenvalue weighted by molar-refractivity contribution is -0.253. The first-order chi connectivity index (χ1) is 22.8. The van der Waals surface area contributed by atoms with Crippen molar-refractivity contribution in [1.82, 2.24) is 4.90 Å². The quantitative estimate of drug-likeness (QED) is 0.120.